The highest BCUT2D eigenvalue weighted by Crippen LogP contribution is 2.31. The van der Waals surface area contributed by atoms with Crippen molar-refractivity contribution >= 4 is 17.2 Å². The highest BCUT2D eigenvalue weighted by Gasteiger charge is 2.26. The van der Waals surface area contributed by atoms with E-state index < -0.39 is 0 Å². The van der Waals surface area contributed by atoms with Gasteiger partial charge < -0.3 is 19.7 Å². The van der Waals surface area contributed by atoms with Crippen LogP contribution in [0.5, 0.6) is 0 Å². The van der Waals surface area contributed by atoms with Crippen molar-refractivity contribution in [3.05, 3.63) is 33.1 Å². The Kier molecular flexibility index (Phi) is 7.66. The van der Waals surface area contributed by atoms with E-state index in [9.17, 15) is 0 Å². The SMILES string of the molecule is Cc1ccc(C(CNCc2c(C(C)C)nn(C)c2N2CCOCC2)N2CCOCC2)s1. The summed E-state index contributed by atoms with van der Waals surface area (Å²) in [5.74, 6) is 1.64. The van der Waals surface area contributed by atoms with Crippen molar-refractivity contribution in [2.75, 3.05) is 64.1 Å². The van der Waals surface area contributed by atoms with E-state index in [-0.39, 0.29) is 0 Å². The Labute approximate surface area is 190 Å². The third kappa shape index (κ3) is 5.31. The minimum Gasteiger partial charge on any atom is -0.379 e. The van der Waals surface area contributed by atoms with Crippen molar-refractivity contribution in [3.63, 3.8) is 0 Å². The van der Waals surface area contributed by atoms with Crippen molar-refractivity contribution in [2.24, 2.45) is 7.05 Å². The van der Waals surface area contributed by atoms with E-state index in [4.69, 9.17) is 14.6 Å². The van der Waals surface area contributed by atoms with Gasteiger partial charge in [0.15, 0.2) is 0 Å². The monoisotopic (exact) mass is 447 g/mol. The quantitative estimate of drug-likeness (QED) is 0.672. The number of aromatic nitrogens is 2. The molecule has 1 N–H and O–H groups in total. The molecule has 0 bridgehead atoms. The highest BCUT2D eigenvalue weighted by atomic mass is 32.1. The second kappa shape index (κ2) is 10.4. The van der Waals surface area contributed by atoms with Crippen molar-refractivity contribution in [3.8, 4) is 0 Å². The molecule has 2 saturated heterocycles. The zero-order valence-corrected chi connectivity index (χ0v) is 20.2. The summed E-state index contributed by atoms with van der Waals surface area (Å²) in [6, 6.07) is 4.92. The first-order chi connectivity index (χ1) is 15.0. The molecule has 2 fully saturated rings. The minimum atomic E-state index is 0.383. The van der Waals surface area contributed by atoms with Crippen LogP contribution in [0.4, 0.5) is 5.82 Å². The van der Waals surface area contributed by atoms with Gasteiger partial charge in [0.05, 0.1) is 38.2 Å². The van der Waals surface area contributed by atoms with Gasteiger partial charge in [0.1, 0.15) is 5.82 Å². The number of ether oxygens (including phenoxy) is 2. The molecule has 2 aliphatic heterocycles. The van der Waals surface area contributed by atoms with Gasteiger partial charge in [-0.05, 0) is 25.0 Å². The Balaban J connectivity index is 1.51. The van der Waals surface area contributed by atoms with E-state index >= 15 is 0 Å². The first-order valence-electron chi connectivity index (χ1n) is 11.5. The van der Waals surface area contributed by atoms with Crippen LogP contribution in [-0.2, 0) is 23.1 Å². The van der Waals surface area contributed by atoms with Gasteiger partial charge in [-0.3, -0.25) is 9.58 Å². The van der Waals surface area contributed by atoms with Gasteiger partial charge in [0.25, 0.3) is 0 Å². The molecule has 1 unspecified atom stereocenters. The van der Waals surface area contributed by atoms with Crippen LogP contribution in [0.1, 0.15) is 46.8 Å². The van der Waals surface area contributed by atoms with Crippen molar-refractivity contribution in [1.29, 1.82) is 0 Å². The van der Waals surface area contributed by atoms with E-state index in [2.05, 4.69) is 59.8 Å². The van der Waals surface area contributed by atoms with E-state index in [1.165, 1.54) is 26.8 Å². The summed E-state index contributed by atoms with van der Waals surface area (Å²) in [5.41, 5.74) is 2.54. The number of rotatable bonds is 8. The normalized spacial score (nSPS) is 19.3. The molecule has 172 valence electrons. The molecule has 2 aliphatic rings. The molecule has 31 heavy (non-hydrogen) atoms. The molecule has 1 atom stereocenters. The molecule has 0 saturated carbocycles. The van der Waals surface area contributed by atoms with Crippen LogP contribution in [-0.4, -0.2) is 73.8 Å². The Morgan fingerprint density at radius 3 is 2.35 bits per heavy atom. The molecule has 8 heteroatoms. The zero-order valence-electron chi connectivity index (χ0n) is 19.4. The number of thiophene rings is 1. The Hall–Kier alpha value is -1.45. The van der Waals surface area contributed by atoms with Crippen LogP contribution >= 0.6 is 11.3 Å². The lowest BCUT2D eigenvalue weighted by molar-refractivity contribution is 0.0168. The maximum absolute atomic E-state index is 5.61. The number of nitrogens with one attached hydrogen (secondary N) is 1. The van der Waals surface area contributed by atoms with Crippen LogP contribution < -0.4 is 10.2 Å². The summed E-state index contributed by atoms with van der Waals surface area (Å²) in [6.45, 7) is 15.5. The fourth-order valence-corrected chi connectivity index (χ4v) is 5.66. The molecule has 4 heterocycles. The maximum Gasteiger partial charge on any atom is 0.131 e. The average molecular weight is 448 g/mol. The zero-order chi connectivity index (χ0) is 21.8. The Bertz CT molecular complexity index is 837. The number of aryl methyl sites for hydroxylation is 2. The molecule has 7 nitrogen and oxygen atoms in total. The maximum atomic E-state index is 5.61. The third-order valence-corrected chi connectivity index (χ3v) is 7.32. The van der Waals surface area contributed by atoms with Gasteiger partial charge >= 0.3 is 0 Å². The molecule has 0 aromatic carbocycles. The van der Waals surface area contributed by atoms with Gasteiger partial charge in [-0.2, -0.15) is 5.10 Å². The molecule has 0 aliphatic carbocycles. The van der Waals surface area contributed by atoms with Crippen LogP contribution in [0.3, 0.4) is 0 Å². The predicted molar refractivity (Wildman–Crippen MR) is 126 cm³/mol. The first kappa shape index (κ1) is 22.7. The summed E-state index contributed by atoms with van der Waals surface area (Å²) in [4.78, 5) is 7.81. The largest absolute Gasteiger partial charge is 0.379 e. The standard InChI is InChI=1S/C23H37N5O2S/c1-17(2)22-19(23(26(4)25-22)28-9-13-30-14-10-28)15-24-16-20(21-6-5-18(3)31-21)27-7-11-29-12-8-27/h5-6,17,20,24H,7-16H2,1-4H3. The van der Waals surface area contributed by atoms with Gasteiger partial charge in [-0.15, -0.1) is 11.3 Å². The number of nitrogens with zero attached hydrogens (tertiary/aromatic N) is 4. The van der Waals surface area contributed by atoms with Gasteiger partial charge in [-0.1, -0.05) is 13.8 Å². The number of hydrogen-bond acceptors (Lipinski definition) is 7. The van der Waals surface area contributed by atoms with E-state index in [0.29, 0.717) is 12.0 Å². The van der Waals surface area contributed by atoms with Crippen molar-refractivity contribution < 1.29 is 9.47 Å². The van der Waals surface area contributed by atoms with E-state index in [1.54, 1.807) is 0 Å². The number of hydrogen-bond donors (Lipinski definition) is 1. The van der Waals surface area contributed by atoms with Crippen molar-refractivity contribution in [2.45, 2.75) is 39.3 Å². The summed E-state index contributed by atoms with van der Waals surface area (Å²) < 4.78 is 13.3. The van der Waals surface area contributed by atoms with Gasteiger partial charge in [0, 0.05) is 61.6 Å². The predicted octanol–water partition coefficient (Wildman–Crippen LogP) is 2.91. The summed E-state index contributed by atoms with van der Waals surface area (Å²) in [5, 5.41) is 8.71. The van der Waals surface area contributed by atoms with Crippen LogP contribution in [0.25, 0.3) is 0 Å². The molecule has 2 aromatic heterocycles. The van der Waals surface area contributed by atoms with E-state index in [1.807, 2.05) is 11.3 Å². The van der Waals surface area contributed by atoms with E-state index in [0.717, 1.165) is 65.7 Å². The molecule has 0 spiro atoms. The van der Waals surface area contributed by atoms with Crippen LogP contribution in [0.2, 0.25) is 0 Å². The average Bonchev–Trinajstić information content (AvgIpc) is 3.35. The second-order valence-electron chi connectivity index (χ2n) is 8.81. The lowest BCUT2D eigenvalue weighted by atomic mass is 10.0. The summed E-state index contributed by atoms with van der Waals surface area (Å²) >= 11 is 1.91. The number of morpholine rings is 2. The smallest absolute Gasteiger partial charge is 0.131 e. The van der Waals surface area contributed by atoms with Gasteiger partial charge in [0.2, 0.25) is 0 Å². The topological polar surface area (TPSA) is 54.8 Å². The summed E-state index contributed by atoms with van der Waals surface area (Å²) in [6.07, 6.45) is 0. The van der Waals surface area contributed by atoms with Crippen LogP contribution in [0, 0.1) is 6.92 Å². The second-order valence-corrected chi connectivity index (χ2v) is 10.1. The highest BCUT2D eigenvalue weighted by molar-refractivity contribution is 7.12. The third-order valence-electron chi connectivity index (χ3n) is 6.22. The molecular weight excluding hydrogens is 410 g/mol. The minimum absolute atomic E-state index is 0.383. The molecule has 0 amide bonds. The fourth-order valence-electron chi connectivity index (χ4n) is 4.65. The lowest BCUT2D eigenvalue weighted by Gasteiger charge is -2.34. The molecule has 0 radical (unpaired) electrons. The lowest BCUT2D eigenvalue weighted by Crippen LogP contribution is -2.42. The molecule has 4 rings (SSSR count). The Morgan fingerprint density at radius 1 is 1.06 bits per heavy atom. The first-order valence-corrected chi connectivity index (χ1v) is 12.3. The van der Waals surface area contributed by atoms with Gasteiger partial charge in [-0.25, -0.2) is 0 Å². The summed E-state index contributed by atoms with van der Waals surface area (Å²) in [7, 11) is 2.07. The number of anilines is 1. The van der Waals surface area contributed by atoms with Crippen LogP contribution in [0.15, 0.2) is 12.1 Å². The molecule has 2 aromatic rings. The fraction of sp³-hybridized carbons (Fsp3) is 0.696. The molecular formula is C23H37N5O2S. The Morgan fingerprint density at radius 2 is 1.74 bits per heavy atom. The van der Waals surface area contributed by atoms with Crippen molar-refractivity contribution in [1.82, 2.24) is 20.0 Å².